The van der Waals surface area contributed by atoms with Gasteiger partial charge in [0, 0.05) is 4.83 Å². The van der Waals surface area contributed by atoms with Crippen LogP contribution in [0.5, 0.6) is 0 Å². The van der Waals surface area contributed by atoms with Gasteiger partial charge in [0.2, 0.25) is 11.3 Å². The molecule has 1 aliphatic rings. The molecule has 0 bridgehead atoms. The summed E-state index contributed by atoms with van der Waals surface area (Å²) in [5.41, 5.74) is 10.2. The number of nitrogens with zero attached hydrogens (tertiary/aromatic N) is 2. The number of alkyl halides is 1. The smallest absolute Gasteiger partial charge is 0.305 e. The summed E-state index contributed by atoms with van der Waals surface area (Å²) in [6, 6.07) is 8.51. The Hall–Kier alpha value is -1.95. The van der Waals surface area contributed by atoms with Crippen LogP contribution in [0.15, 0.2) is 30.6 Å². The number of benzene rings is 1. The molecule has 0 saturated heterocycles. The van der Waals surface area contributed by atoms with E-state index in [1.165, 1.54) is 11.1 Å². The molecule has 2 unspecified atom stereocenters. The van der Waals surface area contributed by atoms with E-state index in [0.717, 1.165) is 29.8 Å². The molecule has 1 aromatic carbocycles. The minimum atomic E-state index is 0.175. The van der Waals surface area contributed by atoms with Crippen LogP contribution in [0.3, 0.4) is 0 Å². The number of nitrogen functional groups attached to an aromatic ring is 1. The molecule has 0 saturated carbocycles. The Morgan fingerprint density at radius 2 is 2.14 bits per heavy atom. The van der Waals surface area contributed by atoms with Gasteiger partial charge in [0.25, 0.3) is 0 Å². The molecule has 106 valence electrons. The van der Waals surface area contributed by atoms with Gasteiger partial charge in [0.05, 0.1) is 5.92 Å². The van der Waals surface area contributed by atoms with Crippen molar-refractivity contribution in [1.82, 2.24) is 15.0 Å². The Balaban J connectivity index is 1.88. The second-order valence-electron chi connectivity index (χ2n) is 5.41. The van der Waals surface area contributed by atoms with Gasteiger partial charge in [-0.25, -0.2) is 4.98 Å². The predicted molar refractivity (Wildman–Crippen MR) is 84.2 cm³/mol. The zero-order chi connectivity index (χ0) is 14.4. The van der Waals surface area contributed by atoms with Gasteiger partial charge < -0.3 is 5.73 Å². The number of nitrogens with two attached hydrogens (primary N) is 1. The molecule has 0 amide bonds. The Morgan fingerprint density at radius 3 is 3.05 bits per heavy atom. The number of aromatic nitrogens is 4. The van der Waals surface area contributed by atoms with E-state index >= 15 is 0 Å². The maximum Gasteiger partial charge on any atom is 0.305 e. The number of rotatable bonds is 1. The second-order valence-corrected chi connectivity index (χ2v) is 6.71. The monoisotopic (exact) mass is 344 g/mol. The normalized spacial score (nSPS) is 21.4. The third-order valence-corrected chi connectivity index (χ3v) is 4.75. The Morgan fingerprint density at radius 1 is 1.29 bits per heavy atom. The van der Waals surface area contributed by atoms with Crippen LogP contribution in [0.25, 0.3) is 11.2 Å². The third kappa shape index (κ3) is 2.10. The van der Waals surface area contributed by atoms with E-state index in [-0.39, 0.29) is 5.92 Å². The highest BCUT2D eigenvalue weighted by atomic mass is 79.9. The number of anilines is 1. The number of hydrogen-bond donors (Lipinski definition) is 2. The molecule has 5 nitrogen and oxygen atoms in total. The van der Waals surface area contributed by atoms with Crippen molar-refractivity contribution in [3.8, 4) is 0 Å². The largest absolute Gasteiger partial charge is 0.380 e. The molecule has 4 N–H and O–H groups in total. The number of nitrogens with one attached hydrogen (secondary N) is 2. The fourth-order valence-electron chi connectivity index (χ4n) is 3.08. The first kappa shape index (κ1) is 12.8. The molecule has 2 heterocycles. The predicted octanol–water partition coefficient (Wildman–Crippen LogP) is 2.20. The van der Waals surface area contributed by atoms with Gasteiger partial charge in [0.15, 0.2) is 12.1 Å². The Bertz CT molecular complexity index is 813. The standard InChI is InChI=1S/C15H14BrN5/c16-9-5-8-3-1-2-4-10(8)11(6-9)14-20-13(17)12-15(21-14)19-7-18-12/h1-4,7,9,11H,5-6H2,(H3,17,18,19,20,21)/p+1. The van der Waals surface area contributed by atoms with Crippen molar-refractivity contribution >= 4 is 32.9 Å². The summed E-state index contributed by atoms with van der Waals surface area (Å²) in [6.07, 6.45) is 3.74. The first-order valence-electron chi connectivity index (χ1n) is 6.96. The van der Waals surface area contributed by atoms with Gasteiger partial charge in [0.1, 0.15) is 0 Å². The maximum absolute atomic E-state index is 6.05. The van der Waals surface area contributed by atoms with E-state index in [0.29, 0.717) is 10.6 Å². The molecule has 1 aliphatic carbocycles. The number of fused-ring (bicyclic) bond motifs is 2. The van der Waals surface area contributed by atoms with E-state index in [4.69, 9.17) is 5.73 Å². The van der Waals surface area contributed by atoms with Gasteiger partial charge in [-0.15, -0.1) is 0 Å². The fourth-order valence-corrected chi connectivity index (χ4v) is 3.81. The number of imidazole rings is 1. The lowest BCUT2D eigenvalue weighted by atomic mass is 9.82. The van der Waals surface area contributed by atoms with Crippen LogP contribution < -0.4 is 10.7 Å². The molecule has 2 aromatic heterocycles. The van der Waals surface area contributed by atoms with E-state index in [1.807, 2.05) is 0 Å². The van der Waals surface area contributed by atoms with Crippen molar-refractivity contribution in [2.24, 2.45) is 0 Å². The molecule has 2 atom stereocenters. The van der Waals surface area contributed by atoms with Crippen LogP contribution in [0.2, 0.25) is 0 Å². The maximum atomic E-state index is 6.05. The highest BCUT2D eigenvalue weighted by Gasteiger charge is 2.31. The van der Waals surface area contributed by atoms with Crippen LogP contribution in [0.1, 0.15) is 29.3 Å². The van der Waals surface area contributed by atoms with Crippen molar-refractivity contribution in [2.45, 2.75) is 23.6 Å². The summed E-state index contributed by atoms with van der Waals surface area (Å²) >= 11 is 3.76. The van der Waals surface area contributed by atoms with E-state index < -0.39 is 0 Å². The van der Waals surface area contributed by atoms with Crippen LogP contribution in [-0.4, -0.2) is 19.8 Å². The van der Waals surface area contributed by atoms with Crippen molar-refractivity contribution in [3.63, 3.8) is 0 Å². The van der Waals surface area contributed by atoms with Gasteiger partial charge in [-0.05, 0) is 24.0 Å². The SMILES string of the molecule is Nc1nc(C2CC(Br)Cc3ccccc32)nc2[nH+]c[nH]c12. The first-order chi connectivity index (χ1) is 10.2. The van der Waals surface area contributed by atoms with E-state index in [9.17, 15) is 0 Å². The lowest BCUT2D eigenvalue weighted by Crippen LogP contribution is -2.21. The lowest BCUT2D eigenvalue weighted by molar-refractivity contribution is -0.347. The van der Waals surface area contributed by atoms with Crippen molar-refractivity contribution in [2.75, 3.05) is 5.73 Å². The van der Waals surface area contributed by atoms with Crippen LogP contribution in [-0.2, 0) is 6.42 Å². The van der Waals surface area contributed by atoms with Crippen molar-refractivity contribution in [3.05, 3.63) is 47.5 Å². The Labute approximate surface area is 130 Å². The molecule has 0 radical (unpaired) electrons. The highest BCUT2D eigenvalue weighted by Crippen LogP contribution is 2.38. The zero-order valence-corrected chi connectivity index (χ0v) is 12.9. The summed E-state index contributed by atoms with van der Waals surface area (Å²) in [5.74, 6) is 1.45. The van der Waals surface area contributed by atoms with Gasteiger partial charge in [-0.1, -0.05) is 45.2 Å². The van der Waals surface area contributed by atoms with Crippen molar-refractivity contribution in [1.29, 1.82) is 0 Å². The number of halogens is 1. The second kappa shape index (κ2) is 4.80. The molecule has 0 aliphatic heterocycles. The van der Waals surface area contributed by atoms with Gasteiger partial charge >= 0.3 is 5.65 Å². The summed E-state index contributed by atoms with van der Waals surface area (Å²) in [6.45, 7) is 0. The van der Waals surface area contributed by atoms with Gasteiger partial charge in [-0.3, -0.25) is 4.98 Å². The molecule has 4 rings (SSSR count). The van der Waals surface area contributed by atoms with E-state index in [2.05, 4.69) is 60.1 Å². The summed E-state index contributed by atoms with van der Waals surface area (Å²) < 4.78 is 0. The third-order valence-electron chi connectivity index (χ3n) is 4.05. The summed E-state index contributed by atoms with van der Waals surface area (Å²) in [5, 5.41) is 0. The topological polar surface area (TPSA) is 81.7 Å². The molecule has 6 heteroatoms. The quantitative estimate of drug-likeness (QED) is 0.664. The lowest BCUT2D eigenvalue weighted by Gasteiger charge is -2.26. The number of hydrogen-bond acceptors (Lipinski definition) is 3. The zero-order valence-electron chi connectivity index (χ0n) is 11.3. The number of aromatic amines is 2. The fraction of sp³-hybridized carbons (Fsp3) is 0.267. The number of H-pyrrole nitrogens is 2. The minimum Gasteiger partial charge on any atom is -0.380 e. The molecular formula is C15H15BrN5+. The molecule has 21 heavy (non-hydrogen) atoms. The molecule has 0 fully saturated rings. The van der Waals surface area contributed by atoms with Crippen LogP contribution in [0, 0.1) is 0 Å². The molecule has 0 spiro atoms. The van der Waals surface area contributed by atoms with E-state index in [1.54, 1.807) is 6.33 Å². The van der Waals surface area contributed by atoms with Gasteiger partial charge in [-0.2, -0.15) is 4.98 Å². The highest BCUT2D eigenvalue weighted by molar-refractivity contribution is 9.09. The summed E-state index contributed by atoms with van der Waals surface area (Å²) in [7, 11) is 0. The average Bonchev–Trinajstić information content (AvgIpc) is 2.95. The van der Waals surface area contributed by atoms with Crippen LogP contribution in [0.4, 0.5) is 5.82 Å². The average molecular weight is 345 g/mol. The molecular weight excluding hydrogens is 330 g/mol. The summed E-state index contributed by atoms with van der Waals surface area (Å²) in [4.78, 5) is 15.7. The van der Waals surface area contributed by atoms with Crippen LogP contribution >= 0.6 is 15.9 Å². The van der Waals surface area contributed by atoms with Crippen molar-refractivity contribution < 1.29 is 4.98 Å². The minimum absolute atomic E-state index is 0.175. The molecule has 3 aromatic rings. The first-order valence-corrected chi connectivity index (χ1v) is 7.88. The Kier molecular flexibility index (Phi) is 2.92.